The molecule has 4 rings (SSSR count). The van der Waals surface area contributed by atoms with Gasteiger partial charge in [0.1, 0.15) is 12.4 Å². The number of aromatic amines is 1. The third-order valence-electron chi connectivity index (χ3n) is 6.97. The predicted molar refractivity (Wildman–Crippen MR) is 158 cm³/mol. The average Bonchev–Trinajstić information content (AvgIpc) is 3.58. The zero-order valence-corrected chi connectivity index (χ0v) is 26.5. The number of halogens is 1. The van der Waals surface area contributed by atoms with Crippen molar-refractivity contribution < 1.29 is 18.6 Å². The van der Waals surface area contributed by atoms with Crippen molar-refractivity contribution in [1.29, 1.82) is 0 Å². The SMILES string of the molecule is CCc1cc(OCOCC[Si](C)(C)C)c(F)cc1C1NCc2nc(-c3ccn[nH]3)n(COCC[Si](C)(C)C)c21. The third kappa shape index (κ3) is 7.66. The zero-order valence-electron chi connectivity index (χ0n) is 24.5. The first-order valence-corrected chi connectivity index (χ1v) is 21.3. The van der Waals surface area contributed by atoms with Crippen LogP contribution in [0.3, 0.4) is 0 Å². The number of imidazole rings is 1. The van der Waals surface area contributed by atoms with E-state index in [9.17, 15) is 0 Å². The van der Waals surface area contributed by atoms with Gasteiger partial charge in [0.2, 0.25) is 0 Å². The molecule has 0 fully saturated rings. The van der Waals surface area contributed by atoms with E-state index in [1.165, 1.54) is 0 Å². The van der Waals surface area contributed by atoms with Crippen molar-refractivity contribution in [2.75, 3.05) is 20.0 Å². The maximum atomic E-state index is 15.3. The number of aromatic nitrogens is 4. The standard InChI is InChI=1S/C28H44FN5O3Si2/c1-8-20-15-25(37-19-36-12-14-39(5,6)7)22(29)16-21(20)26-27-24(17-30-26)32-28(23-9-10-31-33-23)34(27)18-35-11-13-38(2,3)4/h9-10,15-16,26,30H,8,11-14,17-19H2,1-7H3,(H,31,33). The second kappa shape index (κ2) is 12.5. The first-order chi connectivity index (χ1) is 18.5. The van der Waals surface area contributed by atoms with E-state index in [1.54, 1.807) is 12.3 Å². The van der Waals surface area contributed by atoms with Crippen molar-refractivity contribution >= 4 is 16.1 Å². The van der Waals surface area contributed by atoms with Gasteiger partial charge in [-0.3, -0.25) is 10.4 Å². The second-order valence-corrected chi connectivity index (χ2v) is 23.9. The van der Waals surface area contributed by atoms with E-state index in [4.69, 9.17) is 19.2 Å². The molecule has 0 aliphatic carbocycles. The number of rotatable bonds is 14. The van der Waals surface area contributed by atoms with Gasteiger partial charge in [-0.25, -0.2) is 9.37 Å². The number of fused-ring (bicyclic) bond motifs is 1. The average molecular weight is 574 g/mol. The Morgan fingerprint density at radius 1 is 1.05 bits per heavy atom. The van der Waals surface area contributed by atoms with E-state index in [0.29, 0.717) is 26.5 Å². The lowest BCUT2D eigenvalue weighted by Crippen LogP contribution is -2.23. The van der Waals surface area contributed by atoms with Crippen LogP contribution >= 0.6 is 0 Å². The fourth-order valence-corrected chi connectivity index (χ4v) is 6.12. The van der Waals surface area contributed by atoms with E-state index >= 15 is 4.39 Å². The summed E-state index contributed by atoms with van der Waals surface area (Å²) in [4.78, 5) is 4.93. The van der Waals surface area contributed by atoms with Gasteiger partial charge in [-0.2, -0.15) is 5.10 Å². The van der Waals surface area contributed by atoms with Crippen LogP contribution in [-0.2, 0) is 29.2 Å². The molecular weight excluding hydrogens is 530 g/mol. The summed E-state index contributed by atoms with van der Waals surface area (Å²) in [6, 6.07) is 7.24. The van der Waals surface area contributed by atoms with Crippen LogP contribution in [0.4, 0.5) is 4.39 Å². The monoisotopic (exact) mass is 573 g/mol. The van der Waals surface area contributed by atoms with Crippen LogP contribution < -0.4 is 10.1 Å². The van der Waals surface area contributed by atoms with Gasteiger partial charge < -0.3 is 18.8 Å². The van der Waals surface area contributed by atoms with Crippen molar-refractivity contribution in [3.05, 3.63) is 52.7 Å². The minimum atomic E-state index is -1.22. The maximum absolute atomic E-state index is 15.3. The fraction of sp³-hybridized carbons (Fsp3) is 0.571. The second-order valence-electron chi connectivity index (χ2n) is 12.6. The van der Waals surface area contributed by atoms with E-state index < -0.39 is 22.0 Å². The summed E-state index contributed by atoms with van der Waals surface area (Å²) in [7, 11) is -2.40. The number of nitrogens with one attached hydrogen (secondary N) is 2. The summed E-state index contributed by atoms with van der Waals surface area (Å²) in [5.74, 6) is 0.617. The topological polar surface area (TPSA) is 86.2 Å². The van der Waals surface area contributed by atoms with Crippen molar-refractivity contribution in [1.82, 2.24) is 25.1 Å². The number of hydrogen-bond donors (Lipinski definition) is 2. The van der Waals surface area contributed by atoms with Crippen LogP contribution in [0.5, 0.6) is 5.75 Å². The number of benzene rings is 1. The van der Waals surface area contributed by atoms with Crippen LogP contribution in [0, 0.1) is 5.82 Å². The van der Waals surface area contributed by atoms with Crippen molar-refractivity contribution in [3.8, 4) is 17.3 Å². The highest BCUT2D eigenvalue weighted by Gasteiger charge is 2.33. The Morgan fingerprint density at radius 3 is 2.41 bits per heavy atom. The Bertz CT molecular complexity index is 1240. The summed E-state index contributed by atoms with van der Waals surface area (Å²) < 4.78 is 35.0. The number of hydrogen-bond acceptors (Lipinski definition) is 6. The molecule has 39 heavy (non-hydrogen) atoms. The summed E-state index contributed by atoms with van der Waals surface area (Å²) >= 11 is 0. The van der Waals surface area contributed by atoms with Crippen LogP contribution in [0.2, 0.25) is 51.4 Å². The van der Waals surface area contributed by atoms with Crippen molar-refractivity contribution in [3.63, 3.8) is 0 Å². The van der Waals surface area contributed by atoms with Gasteiger partial charge in [0.15, 0.2) is 24.2 Å². The molecule has 2 aromatic heterocycles. The lowest BCUT2D eigenvalue weighted by molar-refractivity contribution is 0.0197. The largest absolute Gasteiger partial charge is 0.464 e. The molecule has 3 aromatic rings. The van der Waals surface area contributed by atoms with Gasteiger partial charge in [-0.15, -0.1) is 0 Å². The smallest absolute Gasteiger partial charge is 0.189 e. The van der Waals surface area contributed by atoms with Crippen molar-refractivity contribution in [2.45, 2.75) is 84.0 Å². The van der Waals surface area contributed by atoms with Crippen LogP contribution in [0.15, 0.2) is 24.4 Å². The van der Waals surface area contributed by atoms with E-state index in [0.717, 1.165) is 52.5 Å². The molecule has 0 amide bonds. The highest BCUT2D eigenvalue weighted by atomic mass is 28.3. The predicted octanol–water partition coefficient (Wildman–Crippen LogP) is 6.17. The lowest BCUT2D eigenvalue weighted by Gasteiger charge is -2.22. The molecule has 1 aliphatic rings. The van der Waals surface area contributed by atoms with E-state index in [-0.39, 0.29) is 18.6 Å². The first kappa shape index (κ1) is 29.7. The van der Waals surface area contributed by atoms with Gasteiger partial charge in [0.05, 0.1) is 17.4 Å². The molecule has 8 nitrogen and oxygen atoms in total. The molecule has 1 atom stereocenters. The molecule has 2 N–H and O–H groups in total. The van der Waals surface area contributed by atoms with Crippen LogP contribution in [0.25, 0.3) is 11.5 Å². The lowest BCUT2D eigenvalue weighted by atomic mass is 9.96. The number of H-pyrrole nitrogens is 1. The Morgan fingerprint density at radius 2 is 1.77 bits per heavy atom. The molecule has 1 unspecified atom stereocenters. The quantitative estimate of drug-likeness (QED) is 0.136. The maximum Gasteiger partial charge on any atom is 0.189 e. The summed E-state index contributed by atoms with van der Waals surface area (Å²) in [6.45, 7) is 18.4. The minimum absolute atomic E-state index is 0.0464. The molecule has 1 aliphatic heterocycles. The summed E-state index contributed by atoms with van der Waals surface area (Å²) in [5, 5.41) is 10.7. The highest BCUT2D eigenvalue weighted by Crippen LogP contribution is 2.38. The molecule has 1 aromatic carbocycles. The van der Waals surface area contributed by atoms with Gasteiger partial charge in [0.25, 0.3) is 0 Å². The van der Waals surface area contributed by atoms with Crippen molar-refractivity contribution in [2.24, 2.45) is 0 Å². The molecule has 11 heteroatoms. The number of nitrogens with zero attached hydrogens (tertiary/aromatic N) is 3. The third-order valence-corrected chi connectivity index (χ3v) is 10.4. The Kier molecular flexibility index (Phi) is 9.48. The van der Waals surface area contributed by atoms with E-state index in [2.05, 4.69) is 66.3 Å². The summed E-state index contributed by atoms with van der Waals surface area (Å²) in [6.07, 6.45) is 2.46. The Balaban J connectivity index is 1.57. The van der Waals surface area contributed by atoms with Gasteiger partial charge >= 0.3 is 0 Å². The minimum Gasteiger partial charge on any atom is -0.464 e. The molecular formula is C28H44FN5O3Si2. The number of aryl methyl sites for hydroxylation is 1. The molecule has 0 bridgehead atoms. The van der Waals surface area contributed by atoms with Crippen LogP contribution in [0.1, 0.15) is 35.5 Å². The van der Waals surface area contributed by atoms with E-state index in [1.807, 2.05) is 12.1 Å². The molecule has 0 saturated carbocycles. The zero-order chi connectivity index (χ0) is 28.2. The van der Waals surface area contributed by atoms with Gasteiger partial charge in [0, 0.05) is 42.1 Å². The van der Waals surface area contributed by atoms with Crippen LogP contribution in [-0.4, -0.2) is 55.9 Å². The van der Waals surface area contributed by atoms with Gasteiger partial charge in [-0.05, 0) is 47.8 Å². The Labute approximate surface area is 233 Å². The first-order valence-electron chi connectivity index (χ1n) is 13.9. The molecule has 0 saturated heterocycles. The molecule has 0 spiro atoms. The Hall–Kier alpha value is -2.32. The molecule has 214 valence electrons. The molecule has 0 radical (unpaired) electrons. The fourth-order valence-electron chi connectivity index (χ4n) is 4.61. The molecule has 3 heterocycles. The van der Waals surface area contributed by atoms with Gasteiger partial charge in [-0.1, -0.05) is 46.2 Å². The normalized spacial score (nSPS) is 15.6. The number of ether oxygens (including phenoxy) is 3. The highest BCUT2D eigenvalue weighted by molar-refractivity contribution is 6.76. The summed E-state index contributed by atoms with van der Waals surface area (Å²) in [5.41, 5.74) is 4.69.